The van der Waals surface area contributed by atoms with Crippen molar-refractivity contribution < 1.29 is 28.6 Å². The highest BCUT2D eigenvalue weighted by atomic mass is 16.5. The van der Waals surface area contributed by atoms with Crippen LogP contribution < -0.4 is 4.74 Å². The Morgan fingerprint density at radius 1 is 1.08 bits per heavy atom. The molecule has 0 aliphatic carbocycles. The predicted molar refractivity (Wildman–Crippen MR) is 134 cm³/mol. The lowest BCUT2D eigenvalue weighted by atomic mass is 9.95. The Kier molecular flexibility index (Phi) is 7.06. The number of aliphatic hydroxyl groups is 1. The Balaban J connectivity index is 1.45. The molecule has 5 rings (SSSR count). The van der Waals surface area contributed by atoms with Crippen molar-refractivity contribution in [3.63, 3.8) is 0 Å². The van der Waals surface area contributed by atoms with Crippen LogP contribution in [0.4, 0.5) is 0 Å². The number of hydrogen-bond acceptors (Lipinski definition) is 7. The molecule has 0 unspecified atom stereocenters. The molecule has 1 saturated heterocycles. The molecule has 1 aromatic heterocycles. The maximum absolute atomic E-state index is 13.7. The van der Waals surface area contributed by atoms with Gasteiger partial charge in [0.1, 0.15) is 11.3 Å². The van der Waals surface area contributed by atoms with E-state index in [0.717, 1.165) is 30.6 Å². The third kappa shape index (κ3) is 4.74. The average molecular weight is 491 g/mol. The van der Waals surface area contributed by atoms with Gasteiger partial charge >= 0.3 is 0 Å². The molecule has 3 heterocycles. The summed E-state index contributed by atoms with van der Waals surface area (Å²) in [7, 11) is 0. The zero-order chi connectivity index (χ0) is 25.1. The number of Topliss-reactive ketones (excluding diaryl/α,β-unsaturated/α-hetero) is 1. The van der Waals surface area contributed by atoms with Crippen molar-refractivity contribution >= 4 is 22.7 Å². The Labute approximate surface area is 209 Å². The molecule has 0 spiro atoms. The first kappa shape index (κ1) is 24.1. The van der Waals surface area contributed by atoms with E-state index in [4.69, 9.17) is 13.9 Å². The Morgan fingerprint density at radius 2 is 1.83 bits per heavy atom. The Morgan fingerprint density at radius 3 is 2.56 bits per heavy atom. The number of hydrogen-bond donors (Lipinski definition) is 1. The third-order valence-electron chi connectivity index (χ3n) is 6.68. The van der Waals surface area contributed by atoms with E-state index in [1.54, 1.807) is 17.0 Å². The largest absolute Gasteiger partial charge is 0.503 e. The van der Waals surface area contributed by atoms with Gasteiger partial charge in [0.25, 0.3) is 5.91 Å². The molecule has 36 heavy (non-hydrogen) atoms. The molecule has 1 N–H and O–H groups in total. The van der Waals surface area contributed by atoms with E-state index in [-0.39, 0.29) is 11.3 Å². The average Bonchev–Trinajstić information content (AvgIpc) is 3.45. The molecule has 3 aromatic rings. The zero-order valence-corrected chi connectivity index (χ0v) is 20.3. The number of aliphatic hydroxyl groups excluding tert-OH is 1. The molecule has 8 heteroatoms. The van der Waals surface area contributed by atoms with Crippen molar-refractivity contribution in [2.24, 2.45) is 0 Å². The van der Waals surface area contributed by atoms with Gasteiger partial charge in [-0.05, 0) is 43.2 Å². The monoisotopic (exact) mass is 490 g/mol. The van der Waals surface area contributed by atoms with Crippen LogP contribution >= 0.6 is 0 Å². The van der Waals surface area contributed by atoms with Gasteiger partial charge in [-0.1, -0.05) is 30.3 Å². The van der Waals surface area contributed by atoms with E-state index >= 15 is 0 Å². The summed E-state index contributed by atoms with van der Waals surface area (Å²) < 4.78 is 16.8. The minimum Gasteiger partial charge on any atom is -0.503 e. The van der Waals surface area contributed by atoms with Crippen molar-refractivity contribution in [3.05, 3.63) is 77.3 Å². The molecule has 0 radical (unpaired) electrons. The van der Waals surface area contributed by atoms with E-state index in [9.17, 15) is 14.7 Å². The molecule has 0 saturated carbocycles. The number of ketones is 1. The summed E-state index contributed by atoms with van der Waals surface area (Å²) >= 11 is 0. The second-order valence-corrected chi connectivity index (χ2v) is 8.95. The van der Waals surface area contributed by atoms with E-state index in [1.807, 2.05) is 49.4 Å². The summed E-state index contributed by atoms with van der Waals surface area (Å²) in [6.45, 7) is 6.76. The number of amides is 1. The molecule has 2 aliphatic rings. The van der Waals surface area contributed by atoms with Crippen LogP contribution in [0.15, 0.2) is 70.3 Å². The summed E-state index contributed by atoms with van der Waals surface area (Å²) in [5.74, 6) is -0.771. The molecule has 1 fully saturated rings. The number of para-hydroxylation sites is 1. The SMILES string of the molecule is CCOc1ccc([C@@H]2C(C(=O)c3cc4ccccc4o3)=C(O)C(=O)N2CCCN2CCOCC2)cc1. The fraction of sp³-hybridized carbons (Fsp3) is 0.357. The summed E-state index contributed by atoms with van der Waals surface area (Å²) in [6.07, 6.45) is 0.707. The Bertz CT molecular complexity index is 1240. The summed E-state index contributed by atoms with van der Waals surface area (Å²) in [6, 6.07) is 15.5. The Hall–Kier alpha value is -3.62. The molecular weight excluding hydrogens is 460 g/mol. The van der Waals surface area contributed by atoms with Crippen LogP contribution in [0.5, 0.6) is 5.75 Å². The highest BCUT2D eigenvalue weighted by Gasteiger charge is 2.44. The third-order valence-corrected chi connectivity index (χ3v) is 6.68. The summed E-state index contributed by atoms with van der Waals surface area (Å²) in [5.41, 5.74) is 1.33. The van der Waals surface area contributed by atoms with E-state index < -0.39 is 23.5 Å². The number of furan rings is 1. The lowest BCUT2D eigenvalue weighted by Crippen LogP contribution is -2.39. The first-order valence-electron chi connectivity index (χ1n) is 12.4. The number of carbonyl (C=O) groups is 2. The molecule has 1 amide bonds. The maximum atomic E-state index is 13.7. The number of fused-ring (bicyclic) bond motifs is 1. The lowest BCUT2D eigenvalue weighted by molar-refractivity contribution is -0.129. The van der Waals surface area contributed by atoms with Crippen LogP contribution in [0.1, 0.15) is 35.5 Å². The van der Waals surface area contributed by atoms with Gasteiger partial charge in [-0.2, -0.15) is 0 Å². The molecule has 1 atom stereocenters. The van der Waals surface area contributed by atoms with Crippen LogP contribution in [0.2, 0.25) is 0 Å². The quantitative estimate of drug-likeness (QED) is 0.451. The van der Waals surface area contributed by atoms with Crippen molar-refractivity contribution in [1.82, 2.24) is 9.80 Å². The highest BCUT2D eigenvalue weighted by Crippen LogP contribution is 2.40. The number of benzene rings is 2. The standard InChI is InChI=1S/C28H30N2O6/c1-2-35-21-10-8-19(9-11-21)25-24(26(31)23-18-20-6-3-4-7-22(20)36-23)27(32)28(33)30(25)13-5-12-29-14-16-34-17-15-29/h3-4,6-11,18,25,32H,2,5,12-17H2,1H3/t25-/m1/s1. The fourth-order valence-electron chi connectivity index (χ4n) is 4.89. The summed E-state index contributed by atoms with van der Waals surface area (Å²) in [4.78, 5) is 30.8. The molecular formula is C28H30N2O6. The van der Waals surface area contributed by atoms with Gasteiger partial charge in [0, 0.05) is 31.6 Å². The second kappa shape index (κ2) is 10.6. The highest BCUT2D eigenvalue weighted by molar-refractivity contribution is 6.16. The first-order chi connectivity index (χ1) is 17.6. The lowest BCUT2D eigenvalue weighted by Gasteiger charge is -2.30. The zero-order valence-electron chi connectivity index (χ0n) is 20.3. The number of rotatable bonds is 9. The number of ether oxygens (including phenoxy) is 2. The van der Waals surface area contributed by atoms with E-state index in [0.29, 0.717) is 44.1 Å². The van der Waals surface area contributed by atoms with Crippen LogP contribution in [0.25, 0.3) is 11.0 Å². The molecule has 2 aliphatic heterocycles. The fourth-order valence-corrected chi connectivity index (χ4v) is 4.89. The molecule has 0 bridgehead atoms. The number of nitrogens with zero attached hydrogens (tertiary/aromatic N) is 2. The number of morpholine rings is 1. The van der Waals surface area contributed by atoms with Gasteiger partial charge in [0.05, 0.1) is 31.4 Å². The molecule has 2 aromatic carbocycles. The van der Waals surface area contributed by atoms with Gasteiger partial charge in [-0.15, -0.1) is 0 Å². The molecule has 8 nitrogen and oxygen atoms in total. The van der Waals surface area contributed by atoms with Gasteiger partial charge < -0.3 is 23.9 Å². The van der Waals surface area contributed by atoms with Crippen LogP contribution in [-0.2, 0) is 9.53 Å². The summed E-state index contributed by atoms with van der Waals surface area (Å²) in [5, 5.41) is 11.7. The van der Waals surface area contributed by atoms with Gasteiger partial charge in [0.2, 0.25) is 5.78 Å². The smallest absolute Gasteiger partial charge is 0.290 e. The van der Waals surface area contributed by atoms with Crippen molar-refractivity contribution in [3.8, 4) is 5.75 Å². The van der Waals surface area contributed by atoms with Crippen molar-refractivity contribution in [1.29, 1.82) is 0 Å². The first-order valence-corrected chi connectivity index (χ1v) is 12.4. The van der Waals surface area contributed by atoms with E-state index in [1.165, 1.54) is 0 Å². The molecule has 188 valence electrons. The maximum Gasteiger partial charge on any atom is 0.290 e. The van der Waals surface area contributed by atoms with Crippen LogP contribution in [0.3, 0.4) is 0 Å². The topological polar surface area (TPSA) is 92.5 Å². The normalized spacial score (nSPS) is 18.9. The predicted octanol–water partition coefficient (Wildman–Crippen LogP) is 4.13. The number of carbonyl (C=O) groups excluding carboxylic acids is 2. The minimum absolute atomic E-state index is 0.0367. The minimum atomic E-state index is -0.724. The second-order valence-electron chi connectivity index (χ2n) is 8.95. The van der Waals surface area contributed by atoms with Gasteiger partial charge in [-0.3, -0.25) is 14.5 Å². The van der Waals surface area contributed by atoms with Crippen LogP contribution in [0, 0.1) is 0 Å². The van der Waals surface area contributed by atoms with Crippen LogP contribution in [-0.4, -0.2) is 72.6 Å². The van der Waals surface area contributed by atoms with Gasteiger partial charge in [0.15, 0.2) is 11.5 Å². The van der Waals surface area contributed by atoms with E-state index in [2.05, 4.69) is 4.90 Å². The van der Waals surface area contributed by atoms with Crippen molar-refractivity contribution in [2.75, 3.05) is 46.0 Å². The van der Waals surface area contributed by atoms with Gasteiger partial charge in [-0.25, -0.2) is 0 Å². The van der Waals surface area contributed by atoms with Crippen molar-refractivity contribution in [2.45, 2.75) is 19.4 Å².